The van der Waals surface area contributed by atoms with Crippen molar-refractivity contribution in [1.29, 1.82) is 0 Å². The van der Waals surface area contributed by atoms with Gasteiger partial charge in [-0.25, -0.2) is 9.69 Å². The van der Waals surface area contributed by atoms with E-state index in [0.29, 0.717) is 5.75 Å². The first kappa shape index (κ1) is 23.8. The molecule has 0 radical (unpaired) electrons. The van der Waals surface area contributed by atoms with Crippen LogP contribution >= 0.6 is 21.6 Å². The minimum Gasteiger partial charge on any atom is -0.465 e. The van der Waals surface area contributed by atoms with Crippen LogP contribution in [0.15, 0.2) is 30.3 Å². The number of hydrogen-bond acceptors (Lipinski definition) is 8. The Morgan fingerprint density at radius 1 is 1.00 bits per heavy atom. The molecule has 1 rings (SSSR count). The maximum Gasteiger partial charge on any atom is 0.326 e. The molecule has 0 bridgehead atoms. The summed E-state index contributed by atoms with van der Waals surface area (Å²) < 4.78 is 9.52. The standard InChI is InChI=1S/C18H24N2O6S2/c1-3-25-15(21)12-19-17(23)20(13-16(22)26-4-2)18(24)28-27-11-10-14-8-6-5-7-9-14/h5-9H,3-4,10-13H2,1-2H3,(H,19,23). The summed E-state index contributed by atoms with van der Waals surface area (Å²) >= 11 is 0. The van der Waals surface area contributed by atoms with Crippen molar-refractivity contribution in [3.8, 4) is 0 Å². The summed E-state index contributed by atoms with van der Waals surface area (Å²) in [5.41, 5.74) is 1.14. The molecule has 1 aromatic carbocycles. The van der Waals surface area contributed by atoms with Gasteiger partial charge in [0.15, 0.2) is 0 Å². The molecule has 0 atom stereocenters. The average Bonchev–Trinajstić information content (AvgIpc) is 2.68. The topological polar surface area (TPSA) is 102 Å². The fourth-order valence-electron chi connectivity index (χ4n) is 1.95. The molecule has 8 nitrogen and oxygen atoms in total. The lowest BCUT2D eigenvalue weighted by molar-refractivity contribution is -0.143. The highest BCUT2D eigenvalue weighted by atomic mass is 33.1. The second-order valence-electron chi connectivity index (χ2n) is 5.26. The van der Waals surface area contributed by atoms with Crippen LogP contribution in [0.3, 0.4) is 0 Å². The Morgan fingerprint density at radius 2 is 1.64 bits per heavy atom. The third kappa shape index (κ3) is 9.65. The van der Waals surface area contributed by atoms with Crippen LogP contribution in [-0.4, -0.2) is 60.2 Å². The lowest BCUT2D eigenvalue weighted by Gasteiger charge is -2.19. The number of amides is 3. The van der Waals surface area contributed by atoms with Gasteiger partial charge in [0.1, 0.15) is 13.1 Å². The zero-order valence-electron chi connectivity index (χ0n) is 15.8. The van der Waals surface area contributed by atoms with Crippen LogP contribution in [0.2, 0.25) is 0 Å². The Morgan fingerprint density at radius 3 is 2.29 bits per heavy atom. The molecule has 0 saturated carbocycles. The Balaban J connectivity index is 2.55. The minimum absolute atomic E-state index is 0.129. The summed E-state index contributed by atoms with van der Waals surface area (Å²) in [6, 6.07) is 8.92. The molecule has 0 unspecified atom stereocenters. The Labute approximate surface area is 172 Å². The zero-order valence-corrected chi connectivity index (χ0v) is 17.5. The van der Waals surface area contributed by atoms with Crippen molar-refractivity contribution in [1.82, 2.24) is 10.2 Å². The van der Waals surface area contributed by atoms with E-state index in [1.807, 2.05) is 30.3 Å². The number of rotatable bonds is 10. The lowest BCUT2D eigenvalue weighted by atomic mass is 10.2. The molecule has 28 heavy (non-hydrogen) atoms. The second kappa shape index (κ2) is 13.9. The maximum atomic E-state index is 12.4. The molecule has 0 aliphatic rings. The van der Waals surface area contributed by atoms with Crippen molar-refractivity contribution in [3.63, 3.8) is 0 Å². The molecule has 0 aliphatic heterocycles. The van der Waals surface area contributed by atoms with Gasteiger partial charge in [-0.15, -0.1) is 0 Å². The van der Waals surface area contributed by atoms with E-state index in [4.69, 9.17) is 9.47 Å². The molecule has 0 fully saturated rings. The third-order valence-corrected chi connectivity index (χ3v) is 5.33. The number of carbonyl (C=O) groups is 4. The first-order chi connectivity index (χ1) is 13.5. The number of nitrogens with one attached hydrogen (secondary N) is 1. The predicted octanol–water partition coefficient (Wildman–Crippen LogP) is 2.87. The summed E-state index contributed by atoms with van der Waals surface area (Å²) in [5.74, 6) is -0.695. The van der Waals surface area contributed by atoms with Crippen molar-refractivity contribution < 1.29 is 28.7 Å². The third-order valence-electron chi connectivity index (χ3n) is 3.19. The van der Waals surface area contributed by atoms with Crippen LogP contribution in [-0.2, 0) is 25.5 Å². The molecule has 1 N–H and O–H groups in total. The number of benzene rings is 1. The second-order valence-corrected chi connectivity index (χ2v) is 7.63. The molecule has 0 heterocycles. The molecule has 154 valence electrons. The molecule has 0 aliphatic carbocycles. The number of aryl methyl sites for hydroxylation is 1. The SMILES string of the molecule is CCOC(=O)CNC(=O)N(CC(=O)OCC)C(=O)SSCCc1ccccc1. The van der Waals surface area contributed by atoms with Crippen LogP contribution in [0.5, 0.6) is 0 Å². The fraction of sp³-hybridized carbons (Fsp3) is 0.444. The number of ether oxygens (including phenoxy) is 2. The van der Waals surface area contributed by atoms with Crippen LogP contribution in [0.1, 0.15) is 19.4 Å². The molecular formula is C18H24N2O6S2. The average molecular weight is 429 g/mol. The van der Waals surface area contributed by atoms with Crippen molar-refractivity contribution in [3.05, 3.63) is 35.9 Å². The Kier molecular flexibility index (Phi) is 11.8. The first-order valence-corrected chi connectivity index (χ1v) is 11.0. The van der Waals surface area contributed by atoms with Gasteiger partial charge in [-0.05, 0) is 25.8 Å². The highest BCUT2D eigenvalue weighted by Gasteiger charge is 2.26. The number of esters is 2. The van der Waals surface area contributed by atoms with Crippen LogP contribution < -0.4 is 5.32 Å². The summed E-state index contributed by atoms with van der Waals surface area (Å²) in [7, 11) is 2.13. The van der Waals surface area contributed by atoms with Gasteiger partial charge in [-0.1, -0.05) is 41.1 Å². The molecule has 3 amide bonds. The monoisotopic (exact) mass is 428 g/mol. The largest absolute Gasteiger partial charge is 0.465 e. The molecule has 1 aromatic rings. The van der Waals surface area contributed by atoms with E-state index in [2.05, 4.69) is 5.32 Å². The van der Waals surface area contributed by atoms with Crippen molar-refractivity contribution in [2.24, 2.45) is 0 Å². The molecule has 0 saturated heterocycles. The summed E-state index contributed by atoms with van der Waals surface area (Å²) in [6.07, 6.45) is 0.763. The van der Waals surface area contributed by atoms with Gasteiger partial charge < -0.3 is 14.8 Å². The number of imide groups is 1. The van der Waals surface area contributed by atoms with E-state index >= 15 is 0 Å². The number of hydrogen-bond donors (Lipinski definition) is 1. The van der Waals surface area contributed by atoms with Gasteiger partial charge in [-0.2, -0.15) is 0 Å². The molecular weight excluding hydrogens is 404 g/mol. The zero-order chi connectivity index (χ0) is 20.8. The van der Waals surface area contributed by atoms with Gasteiger partial charge in [0.05, 0.1) is 13.2 Å². The first-order valence-electron chi connectivity index (χ1n) is 8.71. The van der Waals surface area contributed by atoms with Crippen molar-refractivity contribution in [2.75, 3.05) is 32.1 Å². The van der Waals surface area contributed by atoms with Crippen LogP contribution in [0, 0.1) is 0 Å². The van der Waals surface area contributed by atoms with E-state index < -0.39 is 36.3 Å². The highest BCUT2D eigenvalue weighted by molar-refractivity contribution is 8.82. The molecule has 0 aromatic heterocycles. The van der Waals surface area contributed by atoms with E-state index in [9.17, 15) is 19.2 Å². The van der Waals surface area contributed by atoms with E-state index in [1.165, 1.54) is 10.8 Å². The number of carbonyl (C=O) groups excluding carboxylic acids is 4. The fourth-order valence-corrected chi connectivity index (χ4v) is 3.76. The van der Waals surface area contributed by atoms with Gasteiger partial charge in [-0.3, -0.25) is 14.4 Å². The molecule has 0 spiro atoms. The molecule has 10 heteroatoms. The Hall–Kier alpha value is -2.20. The summed E-state index contributed by atoms with van der Waals surface area (Å²) in [4.78, 5) is 48.4. The van der Waals surface area contributed by atoms with Gasteiger partial charge in [0.2, 0.25) is 0 Å². The van der Waals surface area contributed by atoms with Crippen molar-refractivity contribution >= 4 is 44.8 Å². The van der Waals surface area contributed by atoms with E-state index in [1.54, 1.807) is 13.8 Å². The predicted molar refractivity (Wildman–Crippen MR) is 109 cm³/mol. The van der Waals surface area contributed by atoms with Crippen LogP contribution in [0.4, 0.5) is 9.59 Å². The van der Waals surface area contributed by atoms with E-state index in [-0.39, 0.29) is 13.2 Å². The Bertz CT molecular complexity index is 657. The van der Waals surface area contributed by atoms with Crippen LogP contribution in [0.25, 0.3) is 0 Å². The maximum absolute atomic E-state index is 12.4. The summed E-state index contributed by atoms with van der Waals surface area (Å²) in [5, 5.41) is 1.66. The van der Waals surface area contributed by atoms with E-state index in [0.717, 1.165) is 27.7 Å². The number of nitrogens with zero attached hydrogens (tertiary/aromatic N) is 1. The highest BCUT2D eigenvalue weighted by Crippen LogP contribution is 2.25. The minimum atomic E-state index is -0.859. The lowest BCUT2D eigenvalue weighted by Crippen LogP contribution is -2.46. The normalized spacial score (nSPS) is 10.1. The quantitative estimate of drug-likeness (QED) is 0.345. The van der Waals surface area contributed by atoms with Gasteiger partial charge in [0, 0.05) is 16.5 Å². The van der Waals surface area contributed by atoms with Crippen molar-refractivity contribution in [2.45, 2.75) is 20.3 Å². The van der Waals surface area contributed by atoms with Gasteiger partial charge in [0.25, 0.3) is 0 Å². The smallest absolute Gasteiger partial charge is 0.326 e. The number of urea groups is 1. The van der Waals surface area contributed by atoms with Gasteiger partial charge >= 0.3 is 23.2 Å². The summed E-state index contributed by atoms with van der Waals surface area (Å²) in [6.45, 7) is 2.63.